The summed E-state index contributed by atoms with van der Waals surface area (Å²) in [6, 6.07) is 0. The predicted molar refractivity (Wildman–Crippen MR) is 64.0 cm³/mol. The Labute approximate surface area is 94.4 Å². The van der Waals surface area contributed by atoms with Crippen LogP contribution < -0.4 is 0 Å². The Bertz CT molecular complexity index is 170. The fourth-order valence-electron chi connectivity index (χ4n) is 1.57. The molecule has 15 heavy (non-hydrogen) atoms. The lowest BCUT2D eigenvalue weighted by Gasteiger charge is -2.29. The largest absolute Gasteiger partial charge is 0.372 e. The molecule has 0 aliphatic carbocycles. The minimum Gasteiger partial charge on any atom is -0.372 e. The zero-order valence-corrected chi connectivity index (χ0v) is 10.9. The highest BCUT2D eigenvalue weighted by Crippen LogP contribution is 2.20. The van der Waals surface area contributed by atoms with Gasteiger partial charge < -0.3 is 9.53 Å². The molecule has 0 rings (SSSR count). The summed E-state index contributed by atoms with van der Waals surface area (Å²) < 4.78 is 5.91. The van der Waals surface area contributed by atoms with E-state index in [4.69, 9.17) is 4.74 Å². The van der Waals surface area contributed by atoms with E-state index in [1.165, 1.54) is 12.8 Å². The molecular formula is C13H26O2. The number of hydrogen-bond donors (Lipinski definition) is 0. The second-order valence-corrected chi connectivity index (χ2v) is 5.26. The van der Waals surface area contributed by atoms with E-state index in [0.29, 0.717) is 0 Å². The highest BCUT2D eigenvalue weighted by Gasteiger charge is 2.23. The van der Waals surface area contributed by atoms with E-state index in [1.54, 1.807) is 0 Å². The van der Waals surface area contributed by atoms with Crippen LogP contribution in [0.5, 0.6) is 0 Å². The van der Waals surface area contributed by atoms with Crippen molar-refractivity contribution in [3.8, 4) is 0 Å². The standard InChI is InChI=1S/C13H26O2/c1-6-7-8-9-12(11(2)10-14)15-13(3,4)5/h10-12H,6-9H2,1-5H3. The molecule has 0 radical (unpaired) electrons. The summed E-state index contributed by atoms with van der Waals surface area (Å²) in [6.45, 7) is 10.2. The van der Waals surface area contributed by atoms with Crippen LogP contribution in [-0.4, -0.2) is 18.0 Å². The smallest absolute Gasteiger partial charge is 0.125 e. The van der Waals surface area contributed by atoms with Crippen LogP contribution in [0.15, 0.2) is 0 Å². The fourth-order valence-corrected chi connectivity index (χ4v) is 1.57. The first-order chi connectivity index (χ1) is 6.90. The SMILES string of the molecule is CCCCCC(OC(C)(C)C)C(C)C=O. The molecule has 0 fully saturated rings. The Morgan fingerprint density at radius 3 is 2.27 bits per heavy atom. The third-order valence-corrected chi connectivity index (χ3v) is 2.40. The molecule has 90 valence electrons. The highest BCUT2D eigenvalue weighted by atomic mass is 16.5. The van der Waals surface area contributed by atoms with E-state index in [1.807, 2.05) is 27.7 Å². The van der Waals surface area contributed by atoms with E-state index in [0.717, 1.165) is 19.1 Å². The first kappa shape index (κ1) is 14.6. The summed E-state index contributed by atoms with van der Waals surface area (Å²) in [5, 5.41) is 0. The van der Waals surface area contributed by atoms with Gasteiger partial charge in [-0.1, -0.05) is 33.1 Å². The van der Waals surface area contributed by atoms with Gasteiger partial charge in [-0.3, -0.25) is 0 Å². The number of rotatable bonds is 7. The first-order valence-electron chi connectivity index (χ1n) is 6.03. The fraction of sp³-hybridized carbons (Fsp3) is 0.923. The Hall–Kier alpha value is -0.370. The number of ether oxygens (including phenoxy) is 1. The zero-order chi connectivity index (χ0) is 11.9. The molecule has 0 N–H and O–H groups in total. The Morgan fingerprint density at radius 2 is 1.87 bits per heavy atom. The van der Waals surface area contributed by atoms with Gasteiger partial charge in [0.2, 0.25) is 0 Å². The molecule has 0 heterocycles. The Morgan fingerprint density at radius 1 is 1.27 bits per heavy atom. The molecule has 0 bridgehead atoms. The molecule has 0 saturated carbocycles. The molecule has 0 aromatic rings. The highest BCUT2D eigenvalue weighted by molar-refractivity contribution is 5.53. The predicted octanol–water partition coefficient (Wildman–Crippen LogP) is 3.59. The van der Waals surface area contributed by atoms with Crippen molar-refractivity contribution in [2.45, 2.75) is 72.0 Å². The lowest BCUT2D eigenvalue weighted by Crippen LogP contribution is -2.32. The lowest BCUT2D eigenvalue weighted by atomic mass is 9.99. The van der Waals surface area contributed by atoms with Crippen LogP contribution in [-0.2, 0) is 9.53 Å². The maximum atomic E-state index is 10.8. The molecule has 0 aromatic heterocycles. The molecule has 2 heteroatoms. The monoisotopic (exact) mass is 214 g/mol. The number of unbranched alkanes of at least 4 members (excludes halogenated alkanes) is 2. The van der Waals surface area contributed by atoms with Crippen LogP contribution in [0.4, 0.5) is 0 Å². The first-order valence-corrected chi connectivity index (χ1v) is 6.03. The Balaban J connectivity index is 4.12. The van der Waals surface area contributed by atoms with Gasteiger partial charge in [0.1, 0.15) is 6.29 Å². The summed E-state index contributed by atoms with van der Waals surface area (Å²) in [5.41, 5.74) is -0.159. The molecule has 2 unspecified atom stereocenters. The van der Waals surface area contributed by atoms with Crippen LogP contribution in [0.3, 0.4) is 0 Å². The normalized spacial score (nSPS) is 16.1. The van der Waals surface area contributed by atoms with Crippen LogP contribution in [0, 0.1) is 5.92 Å². The van der Waals surface area contributed by atoms with Gasteiger partial charge in [0.15, 0.2) is 0 Å². The summed E-state index contributed by atoms with van der Waals surface area (Å²) >= 11 is 0. The van der Waals surface area contributed by atoms with Crippen molar-refractivity contribution in [2.75, 3.05) is 0 Å². The summed E-state index contributed by atoms with van der Waals surface area (Å²) in [7, 11) is 0. The second-order valence-electron chi connectivity index (χ2n) is 5.26. The van der Waals surface area contributed by atoms with Crippen molar-refractivity contribution >= 4 is 6.29 Å². The van der Waals surface area contributed by atoms with Gasteiger partial charge in [-0.25, -0.2) is 0 Å². The van der Waals surface area contributed by atoms with Crippen molar-refractivity contribution in [3.05, 3.63) is 0 Å². The van der Waals surface area contributed by atoms with Gasteiger partial charge in [0, 0.05) is 5.92 Å². The molecule has 0 amide bonds. The minimum atomic E-state index is -0.159. The van der Waals surface area contributed by atoms with Crippen LogP contribution in [0.1, 0.15) is 60.3 Å². The number of carbonyl (C=O) groups excluding carboxylic acids is 1. The van der Waals surface area contributed by atoms with Gasteiger partial charge in [-0.2, -0.15) is 0 Å². The molecule has 2 nitrogen and oxygen atoms in total. The quantitative estimate of drug-likeness (QED) is 0.478. The minimum absolute atomic E-state index is 0.00100. The number of hydrogen-bond acceptors (Lipinski definition) is 2. The molecule has 0 aliphatic heterocycles. The third kappa shape index (κ3) is 7.55. The number of carbonyl (C=O) groups is 1. The van der Waals surface area contributed by atoms with Crippen LogP contribution >= 0.6 is 0 Å². The van der Waals surface area contributed by atoms with E-state index in [-0.39, 0.29) is 17.6 Å². The van der Waals surface area contributed by atoms with E-state index in [2.05, 4.69) is 6.92 Å². The van der Waals surface area contributed by atoms with Gasteiger partial charge >= 0.3 is 0 Å². The molecule has 0 saturated heterocycles. The average molecular weight is 214 g/mol. The summed E-state index contributed by atoms with van der Waals surface area (Å²) in [4.78, 5) is 10.8. The summed E-state index contributed by atoms with van der Waals surface area (Å²) in [5.74, 6) is 0.00100. The van der Waals surface area contributed by atoms with Gasteiger partial charge in [-0.15, -0.1) is 0 Å². The topological polar surface area (TPSA) is 26.3 Å². The zero-order valence-electron chi connectivity index (χ0n) is 10.9. The third-order valence-electron chi connectivity index (χ3n) is 2.40. The van der Waals surface area contributed by atoms with E-state index in [9.17, 15) is 4.79 Å². The molecular weight excluding hydrogens is 188 g/mol. The lowest BCUT2D eigenvalue weighted by molar-refractivity contribution is -0.123. The van der Waals surface area contributed by atoms with Gasteiger partial charge in [-0.05, 0) is 27.2 Å². The molecule has 2 atom stereocenters. The van der Waals surface area contributed by atoms with Crippen molar-refractivity contribution in [1.29, 1.82) is 0 Å². The van der Waals surface area contributed by atoms with Crippen molar-refractivity contribution in [1.82, 2.24) is 0 Å². The van der Waals surface area contributed by atoms with Crippen LogP contribution in [0.2, 0.25) is 0 Å². The number of aldehydes is 1. The molecule has 0 spiro atoms. The maximum Gasteiger partial charge on any atom is 0.125 e. The molecule has 0 aliphatic rings. The Kier molecular flexibility index (Phi) is 6.82. The van der Waals surface area contributed by atoms with Gasteiger partial charge in [0.25, 0.3) is 0 Å². The second kappa shape index (κ2) is 7.00. The van der Waals surface area contributed by atoms with E-state index < -0.39 is 0 Å². The van der Waals surface area contributed by atoms with Crippen molar-refractivity contribution < 1.29 is 9.53 Å². The van der Waals surface area contributed by atoms with Crippen molar-refractivity contribution in [3.63, 3.8) is 0 Å². The van der Waals surface area contributed by atoms with Crippen LogP contribution in [0.25, 0.3) is 0 Å². The van der Waals surface area contributed by atoms with E-state index >= 15 is 0 Å². The summed E-state index contributed by atoms with van der Waals surface area (Å²) in [6.07, 6.45) is 5.64. The average Bonchev–Trinajstić information content (AvgIpc) is 2.13. The van der Waals surface area contributed by atoms with Crippen molar-refractivity contribution in [2.24, 2.45) is 5.92 Å². The van der Waals surface area contributed by atoms with Gasteiger partial charge in [0.05, 0.1) is 11.7 Å². The molecule has 0 aromatic carbocycles. The maximum absolute atomic E-state index is 10.8.